The van der Waals surface area contributed by atoms with E-state index in [-0.39, 0.29) is 11.5 Å². The monoisotopic (exact) mass is 391 g/mol. The van der Waals surface area contributed by atoms with Crippen molar-refractivity contribution in [1.82, 2.24) is 0 Å². The van der Waals surface area contributed by atoms with Gasteiger partial charge in [-0.15, -0.1) is 0 Å². The number of anilines is 2. The lowest BCUT2D eigenvalue weighted by molar-refractivity contribution is -0.111. The first-order chi connectivity index (χ1) is 14.1. The zero-order chi connectivity index (χ0) is 20.2. The van der Waals surface area contributed by atoms with Crippen LogP contribution < -0.4 is 16.0 Å². The summed E-state index contributed by atoms with van der Waals surface area (Å²) in [4.78, 5) is 26.4. The minimum absolute atomic E-state index is 0.263. The number of nitrogens with one attached hydrogen (secondary N) is 1. The fourth-order valence-electron chi connectivity index (χ4n) is 3.28. The van der Waals surface area contributed by atoms with Gasteiger partial charge in [0.05, 0.1) is 24.5 Å². The largest absolute Gasteiger partial charge is 0.457 e. The SMILES string of the molecule is NC(=O)c1cc(N2CCOCC2)ccc1NC(=O)/C=C/c1cc2ccccc2o1. The van der Waals surface area contributed by atoms with E-state index in [0.29, 0.717) is 24.7 Å². The number of primary amides is 1. The van der Waals surface area contributed by atoms with E-state index in [1.165, 1.54) is 6.08 Å². The molecule has 7 heteroatoms. The van der Waals surface area contributed by atoms with E-state index in [1.807, 2.05) is 36.4 Å². The molecule has 0 atom stereocenters. The molecule has 1 saturated heterocycles. The number of ether oxygens (including phenoxy) is 1. The number of rotatable bonds is 5. The van der Waals surface area contributed by atoms with Crippen molar-refractivity contribution in [2.75, 3.05) is 36.5 Å². The fraction of sp³-hybridized carbons (Fsp3) is 0.182. The molecular formula is C22H21N3O4. The third kappa shape index (κ3) is 4.30. The Balaban J connectivity index is 1.49. The van der Waals surface area contributed by atoms with Gasteiger partial charge in [-0.25, -0.2) is 0 Å². The van der Waals surface area contributed by atoms with Crippen LogP contribution in [0.2, 0.25) is 0 Å². The molecule has 0 radical (unpaired) electrons. The van der Waals surface area contributed by atoms with Crippen LogP contribution in [0.5, 0.6) is 0 Å². The molecule has 1 aliphatic rings. The standard InChI is InChI=1S/C22H21N3O4/c23-22(27)18-14-16(25-9-11-28-12-10-25)5-7-19(18)24-21(26)8-6-17-13-15-3-1-2-4-20(15)29-17/h1-8,13-14H,9-12H2,(H2,23,27)(H,24,26)/b8-6+. The van der Waals surface area contributed by atoms with Crippen molar-refractivity contribution >= 4 is 40.2 Å². The van der Waals surface area contributed by atoms with Gasteiger partial charge in [0.15, 0.2) is 0 Å². The number of furan rings is 1. The lowest BCUT2D eigenvalue weighted by Gasteiger charge is -2.29. The van der Waals surface area contributed by atoms with E-state index in [0.717, 1.165) is 29.7 Å². The van der Waals surface area contributed by atoms with Crippen LogP contribution in [0.4, 0.5) is 11.4 Å². The van der Waals surface area contributed by atoms with Gasteiger partial charge in [0, 0.05) is 30.2 Å². The molecule has 0 saturated carbocycles. The van der Waals surface area contributed by atoms with E-state index in [1.54, 1.807) is 18.2 Å². The van der Waals surface area contributed by atoms with Crippen LogP contribution in [-0.2, 0) is 9.53 Å². The molecule has 3 aromatic rings. The normalized spacial score (nSPS) is 14.4. The molecule has 0 spiro atoms. The number of hydrogen-bond donors (Lipinski definition) is 2. The molecule has 148 valence electrons. The molecule has 4 rings (SSSR count). The Morgan fingerprint density at radius 1 is 1.07 bits per heavy atom. The van der Waals surface area contributed by atoms with Crippen molar-refractivity contribution in [2.45, 2.75) is 0 Å². The maximum atomic E-state index is 12.3. The Morgan fingerprint density at radius 3 is 2.62 bits per heavy atom. The van der Waals surface area contributed by atoms with Gasteiger partial charge in [-0.2, -0.15) is 0 Å². The molecule has 1 aromatic heterocycles. The molecular weight excluding hydrogens is 370 g/mol. The highest BCUT2D eigenvalue weighted by Gasteiger charge is 2.16. The summed E-state index contributed by atoms with van der Waals surface area (Å²) in [5.74, 6) is -0.414. The highest BCUT2D eigenvalue weighted by Crippen LogP contribution is 2.24. The van der Waals surface area contributed by atoms with E-state index in [9.17, 15) is 9.59 Å². The van der Waals surface area contributed by atoms with Crippen LogP contribution in [0.25, 0.3) is 17.0 Å². The summed E-state index contributed by atoms with van der Waals surface area (Å²) in [5.41, 5.74) is 7.79. The Hall–Kier alpha value is -3.58. The van der Waals surface area contributed by atoms with Gasteiger partial charge < -0.3 is 25.1 Å². The molecule has 1 aliphatic heterocycles. The summed E-state index contributed by atoms with van der Waals surface area (Å²) >= 11 is 0. The average Bonchev–Trinajstić information content (AvgIpc) is 3.16. The Morgan fingerprint density at radius 2 is 1.86 bits per heavy atom. The summed E-state index contributed by atoms with van der Waals surface area (Å²) in [5, 5.41) is 3.68. The highest BCUT2D eigenvalue weighted by atomic mass is 16.5. The van der Waals surface area contributed by atoms with E-state index in [2.05, 4.69) is 10.2 Å². The van der Waals surface area contributed by atoms with Gasteiger partial charge in [-0.05, 0) is 36.4 Å². The summed E-state index contributed by atoms with van der Waals surface area (Å²) in [7, 11) is 0. The average molecular weight is 391 g/mol. The molecule has 0 bridgehead atoms. The van der Waals surface area contributed by atoms with Crippen molar-refractivity contribution in [1.29, 1.82) is 0 Å². The van der Waals surface area contributed by atoms with Crippen molar-refractivity contribution in [2.24, 2.45) is 5.73 Å². The van der Waals surface area contributed by atoms with Crippen LogP contribution in [0.15, 0.2) is 59.0 Å². The second-order valence-corrected chi connectivity index (χ2v) is 6.70. The summed E-state index contributed by atoms with van der Waals surface area (Å²) in [6.07, 6.45) is 2.94. The number of carbonyl (C=O) groups is 2. The van der Waals surface area contributed by atoms with Crippen LogP contribution in [0.3, 0.4) is 0 Å². The molecule has 7 nitrogen and oxygen atoms in total. The highest BCUT2D eigenvalue weighted by molar-refractivity contribution is 6.07. The number of morpholine rings is 1. The topological polar surface area (TPSA) is 97.8 Å². The molecule has 2 aromatic carbocycles. The number of benzene rings is 2. The van der Waals surface area contributed by atoms with Gasteiger partial charge in [0.25, 0.3) is 5.91 Å². The molecule has 1 fully saturated rings. The van der Waals surface area contributed by atoms with Gasteiger partial charge >= 0.3 is 0 Å². The summed E-state index contributed by atoms with van der Waals surface area (Å²) in [6.45, 7) is 2.75. The van der Waals surface area contributed by atoms with Crippen molar-refractivity contribution in [3.63, 3.8) is 0 Å². The van der Waals surface area contributed by atoms with Crippen LogP contribution >= 0.6 is 0 Å². The zero-order valence-electron chi connectivity index (χ0n) is 15.8. The van der Waals surface area contributed by atoms with Gasteiger partial charge in [0.1, 0.15) is 11.3 Å². The number of nitrogens with two attached hydrogens (primary N) is 1. The number of nitrogens with zero attached hydrogens (tertiary/aromatic N) is 1. The third-order valence-electron chi connectivity index (χ3n) is 4.75. The number of para-hydroxylation sites is 1. The van der Waals surface area contributed by atoms with E-state index in [4.69, 9.17) is 14.9 Å². The Labute approximate surface area is 167 Å². The minimum Gasteiger partial charge on any atom is -0.457 e. The zero-order valence-corrected chi connectivity index (χ0v) is 15.8. The number of fused-ring (bicyclic) bond motifs is 1. The molecule has 29 heavy (non-hydrogen) atoms. The van der Waals surface area contributed by atoms with Gasteiger partial charge in [-0.3, -0.25) is 9.59 Å². The number of carbonyl (C=O) groups excluding carboxylic acids is 2. The molecule has 2 heterocycles. The number of hydrogen-bond acceptors (Lipinski definition) is 5. The van der Waals surface area contributed by atoms with Crippen molar-refractivity contribution < 1.29 is 18.7 Å². The minimum atomic E-state index is -0.600. The van der Waals surface area contributed by atoms with Crippen molar-refractivity contribution in [3.8, 4) is 0 Å². The summed E-state index contributed by atoms with van der Waals surface area (Å²) < 4.78 is 11.0. The first kappa shape index (κ1) is 18.8. The Kier molecular flexibility index (Phi) is 5.31. The maximum absolute atomic E-state index is 12.3. The van der Waals surface area contributed by atoms with Gasteiger partial charge in [0.2, 0.25) is 5.91 Å². The smallest absolute Gasteiger partial charge is 0.250 e. The first-order valence-electron chi connectivity index (χ1n) is 9.34. The Bertz CT molecular complexity index is 1050. The van der Waals surface area contributed by atoms with Crippen molar-refractivity contribution in [3.05, 3.63) is 65.9 Å². The molecule has 0 aliphatic carbocycles. The second-order valence-electron chi connectivity index (χ2n) is 6.70. The maximum Gasteiger partial charge on any atom is 0.250 e. The predicted octanol–water partition coefficient (Wildman–Crippen LogP) is 3.02. The lowest BCUT2D eigenvalue weighted by atomic mass is 10.1. The van der Waals surface area contributed by atoms with E-state index >= 15 is 0 Å². The van der Waals surface area contributed by atoms with Crippen LogP contribution in [-0.4, -0.2) is 38.1 Å². The quantitative estimate of drug-likeness (QED) is 0.652. The van der Waals surface area contributed by atoms with Crippen LogP contribution in [0, 0.1) is 0 Å². The second kappa shape index (κ2) is 8.20. The lowest BCUT2D eigenvalue weighted by Crippen LogP contribution is -2.36. The fourth-order valence-corrected chi connectivity index (χ4v) is 3.28. The molecule has 2 amide bonds. The third-order valence-corrected chi connectivity index (χ3v) is 4.75. The molecule has 3 N–H and O–H groups in total. The van der Waals surface area contributed by atoms with E-state index < -0.39 is 5.91 Å². The summed E-state index contributed by atoms with van der Waals surface area (Å²) in [6, 6.07) is 14.7. The van der Waals surface area contributed by atoms with Crippen LogP contribution in [0.1, 0.15) is 16.1 Å². The predicted molar refractivity (Wildman–Crippen MR) is 112 cm³/mol. The number of amides is 2. The molecule has 0 unspecified atom stereocenters. The first-order valence-corrected chi connectivity index (χ1v) is 9.34. The van der Waals surface area contributed by atoms with Gasteiger partial charge in [-0.1, -0.05) is 18.2 Å².